The number of carbonyl (C=O) groups excluding carboxylic acids is 1. The van der Waals surface area contributed by atoms with Crippen LogP contribution in [0.15, 0.2) is 12.3 Å². The average molecular weight is 128 g/mol. The second-order valence-corrected chi connectivity index (χ2v) is 1.80. The highest BCUT2D eigenvalue weighted by atomic mass is 16.3. The van der Waals surface area contributed by atoms with E-state index in [1.807, 2.05) is 0 Å². The van der Waals surface area contributed by atoms with Crippen LogP contribution in [-0.4, -0.2) is 22.3 Å². The predicted molar refractivity (Wildman–Crippen MR) is 30.8 cm³/mol. The van der Waals surface area contributed by atoms with Gasteiger partial charge in [0.05, 0.1) is 0 Å². The molecule has 1 aliphatic heterocycles. The van der Waals surface area contributed by atoms with Crippen molar-refractivity contribution in [2.45, 2.75) is 13.2 Å². The summed E-state index contributed by atoms with van der Waals surface area (Å²) in [7, 11) is 0. The first-order valence-corrected chi connectivity index (χ1v) is 2.62. The van der Waals surface area contributed by atoms with Crippen LogP contribution in [0.2, 0.25) is 0 Å². The van der Waals surface area contributed by atoms with Crippen molar-refractivity contribution in [3.8, 4) is 0 Å². The molecule has 0 aromatic heterocycles. The van der Waals surface area contributed by atoms with Crippen molar-refractivity contribution in [3.05, 3.63) is 12.3 Å². The number of nitrogens with zero attached hydrogens (tertiary/aromatic N) is 1. The van der Waals surface area contributed by atoms with Crippen molar-refractivity contribution in [2.24, 2.45) is 0 Å². The van der Waals surface area contributed by atoms with Crippen molar-refractivity contribution in [1.29, 1.82) is 0 Å². The molecule has 0 aromatic carbocycles. The van der Waals surface area contributed by atoms with Crippen molar-refractivity contribution in [3.63, 3.8) is 0 Å². The zero-order valence-electron chi connectivity index (χ0n) is 5.03. The number of hydrogen-bond donors (Lipinski definition) is 2. The molecule has 1 atom stereocenters. The highest BCUT2D eigenvalue weighted by molar-refractivity contribution is 5.74. The van der Waals surface area contributed by atoms with E-state index in [2.05, 4.69) is 5.43 Å². The molecule has 9 heavy (non-hydrogen) atoms. The normalized spacial score (nSPS) is 25.1. The third-order valence-electron chi connectivity index (χ3n) is 1.03. The molecule has 0 bridgehead atoms. The molecule has 1 unspecified atom stereocenters. The number of aliphatic hydroxyl groups excluding tert-OH is 1. The van der Waals surface area contributed by atoms with Crippen LogP contribution in [-0.2, 0) is 4.79 Å². The summed E-state index contributed by atoms with van der Waals surface area (Å²) in [6.45, 7) is 1.41. The zero-order chi connectivity index (χ0) is 6.85. The fourth-order valence-electron chi connectivity index (χ4n) is 0.592. The molecular formula is C5H8N2O2. The van der Waals surface area contributed by atoms with Crippen LogP contribution < -0.4 is 5.43 Å². The van der Waals surface area contributed by atoms with Crippen molar-refractivity contribution in [1.82, 2.24) is 10.4 Å². The van der Waals surface area contributed by atoms with Gasteiger partial charge in [-0.15, -0.1) is 0 Å². The van der Waals surface area contributed by atoms with E-state index in [9.17, 15) is 4.79 Å². The lowest BCUT2D eigenvalue weighted by Crippen LogP contribution is -2.37. The minimum absolute atomic E-state index is 0.136. The van der Waals surface area contributed by atoms with Crippen LogP contribution in [0.4, 0.5) is 0 Å². The predicted octanol–water partition coefficient (Wildman–Crippen LogP) is -0.815. The Morgan fingerprint density at radius 1 is 1.89 bits per heavy atom. The molecule has 0 spiro atoms. The van der Waals surface area contributed by atoms with E-state index in [1.54, 1.807) is 0 Å². The van der Waals surface area contributed by atoms with Gasteiger partial charge >= 0.3 is 0 Å². The summed E-state index contributed by atoms with van der Waals surface area (Å²) >= 11 is 0. The number of carbonyl (C=O) groups is 1. The second-order valence-electron chi connectivity index (χ2n) is 1.80. The lowest BCUT2D eigenvalue weighted by Gasteiger charge is -2.11. The summed E-state index contributed by atoms with van der Waals surface area (Å²) in [4.78, 5) is 10.5. The molecule has 1 heterocycles. The lowest BCUT2D eigenvalue weighted by atomic mass is 10.6. The molecule has 0 fully saturated rings. The number of rotatable bonds is 0. The Morgan fingerprint density at radius 3 is 2.78 bits per heavy atom. The first-order valence-electron chi connectivity index (χ1n) is 2.62. The highest BCUT2D eigenvalue weighted by Gasteiger charge is 2.13. The molecule has 0 aromatic rings. The third-order valence-corrected chi connectivity index (χ3v) is 1.03. The number of aliphatic hydroxyl groups is 1. The molecule has 1 amide bonds. The summed E-state index contributed by atoms with van der Waals surface area (Å²) in [6.07, 6.45) is 2.27. The second kappa shape index (κ2) is 2.16. The summed E-state index contributed by atoms with van der Waals surface area (Å²) in [6, 6.07) is 0. The fourth-order valence-corrected chi connectivity index (χ4v) is 0.592. The van der Waals surface area contributed by atoms with E-state index in [0.29, 0.717) is 0 Å². The Balaban J connectivity index is 2.50. The van der Waals surface area contributed by atoms with E-state index in [1.165, 1.54) is 24.2 Å². The van der Waals surface area contributed by atoms with Crippen LogP contribution in [0.1, 0.15) is 6.92 Å². The van der Waals surface area contributed by atoms with Gasteiger partial charge in [0.2, 0.25) is 5.91 Å². The van der Waals surface area contributed by atoms with Crippen LogP contribution in [0.3, 0.4) is 0 Å². The molecule has 4 heteroatoms. The molecule has 1 rings (SSSR count). The molecule has 0 aliphatic carbocycles. The van der Waals surface area contributed by atoms with E-state index in [0.717, 1.165) is 0 Å². The van der Waals surface area contributed by atoms with E-state index in [-0.39, 0.29) is 5.91 Å². The minimum Gasteiger partial charge on any atom is -0.373 e. The molecular weight excluding hydrogens is 120 g/mol. The van der Waals surface area contributed by atoms with Gasteiger partial charge in [0.25, 0.3) is 0 Å². The summed E-state index contributed by atoms with van der Waals surface area (Å²) in [5, 5.41) is 9.98. The number of nitrogens with one attached hydrogen (secondary N) is 1. The SMILES string of the molecule is CC(=O)N1C=CC(O)N1. The first-order chi connectivity index (χ1) is 4.20. The van der Waals surface area contributed by atoms with Gasteiger partial charge in [-0.3, -0.25) is 9.80 Å². The fraction of sp³-hybridized carbons (Fsp3) is 0.400. The average Bonchev–Trinajstić information content (AvgIpc) is 2.14. The molecule has 0 saturated carbocycles. The van der Waals surface area contributed by atoms with E-state index >= 15 is 0 Å². The molecule has 2 N–H and O–H groups in total. The topological polar surface area (TPSA) is 52.6 Å². The van der Waals surface area contributed by atoms with Gasteiger partial charge in [0.15, 0.2) is 0 Å². The van der Waals surface area contributed by atoms with E-state index < -0.39 is 6.23 Å². The minimum atomic E-state index is -0.714. The van der Waals surface area contributed by atoms with Crippen molar-refractivity contribution < 1.29 is 9.90 Å². The van der Waals surface area contributed by atoms with Crippen molar-refractivity contribution in [2.75, 3.05) is 0 Å². The molecule has 0 radical (unpaired) electrons. The first kappa shape index (κ1) is 6.25. The van der Waals surface area contributed by atoms with Gasteiger partial charge in [0, 0.05) is 13.1 Å². The van der Waals surface area contributed by atoms with Gasteiger partial charge in [-0.2, -0.15) is 5.43 Å². The largest absolute Gasteiger partial charge is 0.373 e. The number of amides is 1. The maximum absolute atomic E-state index is 10.5. The molecule has 4 nitrogen and oxygen atoms in total. The highest BCUT2D eigenvalue weighted by Crippen LogP contribution is 1.97. The number of hydrazine groups is 1. The van der Waals surface area contributed by atoms with Gasteiger partial charge in [-0.25, -0.2) is 0 Å². The number of hydrogen-bond acceptors (Lipinski definition) is 3. The maximum Gasteiger partial charge on any atom is 0.237 e. The van der Waals surface area contributed by atoms with Crippen LogP contribution >= 0.6 is 0 Å². The lowest BCUT2D eigenvalue weighted by molar-refractivity contribution is -0.129. The quantitative estimate of drug-likeness (QED) is 0.448. The third kappa shape index (κ3) is 1.28. The summed E-state index contributed by atoms with van der Waals surface area (Å²) < 4.78 is 0. The van der Waals surface area contributed by atoms with Crippen LogP contribution in [0.25, 0.3) is 0 Å². The van der Waals surface area contributed by atoms with E-state index in [4.69, 9.17) is 5.11 Å². The van der Waals surface area contributed by atoms with Gasteiger partial charge in [-0.05, 0) is 6.08 Å². The van der Waals surface area contributed by atoms with Gasteiger partial charge < -0.3 is 5.11 Å². The Morgan fingerprint density at radius 2 is 2.56 bits per heavy atom. The Bertz CT molecular complexity index is 155. The molecule has 0 saturated heterocycles. The smallest absolute Gasteiger partial charge is 0.237 e. The molecule has 50 valence electrons. The van der Waals surface area contributed by atoms with Crippen LogP contribution in [0, 0.1) is 0 Å². The van der Waals surface area contributed by atoms with Gasteiger partial charge in [0.1, 0.15) is 6.23 Å². The summed E-state index contributed by atoms with van der Waals surface area (Å²) in [5.41, 5.74) is 2.48. The van der Waals surface area contributed by atoms with Gasteiger partial charge in [-0.1, -0.05) is 0 Å². The summed E-state index contributed by atoms with van der Waals surface area (Å²) in [5.74, 6) is -0.136. The monoisotopic (exact) mass is 128 g/mol. The van der Waals surface area contributed by atoms with Crippen LogP contribution in [0.5, 0.6) is 0 Å². The molecule has 1 aliphatic rings. The van der Waals surface area contributed by atoms with Crippen molar-refractivity contribution >= 4 is 5.91 Å². The zero-order valence-corrected chi connectivity index (χ0v) is 5.03. The Kier molecular flexibility index (Phi) is 1.50. The standard InChI is InChI=1S/C5H8N2O2/c1-4(8)7-3-2-5(9)6-7/h2-3,5-6,9H,1H3. The Hall–Kier alpha value is -0.870. The maximum atomic E-state index is 10.5. The Labute approximate surface area is 52.7 Å².